The van der Waals surface area contributed by atoms with Gasteiger partial charge in [0.2, 0.25) is 0 Å². The monoisotopic (exact) mass is 258 g/mol. The summed E-state index contributed by atoms with van der Waals surface area (Å²) in [5.41, 5.74) is 0. The van der Waals surface area contributed by atoms with Crippen LogP contribution in [0.2, 0.25) is 0 Å². The van der Waals surface area contributed by atoms with Crippen molar-refractivity contribution in [2.45, 2.75) is 6.42 Å². The van der Waals surface area contributed by atoms with Crippen LogP contribution in [0.15, 0.2) is 0 Å². The number of nitrogens with one attached hydrogen (secondary N) is 2. The molecule has 2 amide bonds. The first-order valence-corrected chi connectivity index (χ1v) is 6.65. The van der Waals surface area contributed by atoms with E-state index in [0.29, 0.717) is 6.54 Å². The summed E-state index contributed by atoms with van der Waals surface area (Å²) < 4.78 is 5.27. The lowest BCUT2D eigenvalue weighted by atomic mass is 10.4. The molecule has 1 heterocycles. The van der Waals surface area contributed by atoms with Gasteiger partial charge in [0.05, 0.1) is 13.2 Å². The summed E-state index contributed by atoms with van der Waals surface area (Å²) in [6.45, 7) is 6.84. The first kappa shape index (κ1) is 15.2. The van der Waals surface area contributed by atoms with Crippen molar-refractivity contribution in [1.82, 2.24) is 20.4 Å². The van der Waals surface area contributed by atoms with Gasteiger partial charge in [0, 0.05) is 32.7 Å². The third kappa shape index (κ3) is 7.47. The van der Waals surface area contributed by atoms with Crippen molar-refractivity contribution in [2.24, 2.45) is 0 Å². The fourth-order valence-corrected chi connectivity index (χ4v) is 1.81. The highest BCUT2D eigenvalue weighted by molar-refractivity contribution is 5.73. The average molecular weight is 258 g/mol. The molecule has 18 heavy (non-hydrogen) atoms. The summed E-state index contributed by atoms with van der Waals surface area (Å²) >= 11 is 0. The Morgan fingerprint density at radius 1 is 1.22 bits per heavy atom. The molecule has 0 aromatic carbocycles. The summed E-state index contributed by atoms with van der Waals surface area (Å²) in [7, 11) is 4.06. The maximum atomic E-state index is 11.5. The third-order valence-electron chi connectivity index (χ3n) is 2.88. The average Bonchev–Trinajstić information content (AvgIpc) is 2.36. The van der Waals surface area contributed by atoms with Crippen LogP contribution < -0.4 is 10.6 Å². The molecule has 1 rings (SSSR count). The van der Waals surface area contributed by atoms with Crippen molar-refractivity contribution < 1.29 is 9.53 Å². The number of hydrogen-bond donors (Lipinski definition) is 2. The lowest BCUT2D eigenvalue weighted by Crippen LogP contribution is -2.44. The van der Waals surface area contributed by atoms with Crippen molar-refractivity contribution in [3.8, 4) is 0 Å². The molecule has 0 spiro atoms. The van der Waals surface area contributed by atoms with E-state index in [-0.39, 0.29) is 6.03 Å². The number of urea groups is 1. The second-order valence-corrected chi connectivity index (χ2v) is 4.79. The van der Waals surface area contributed by atoms with Gasteiger partial charge in [-0.25, -0.2) is 4.79 Å². The van der Waals surface area contributed by atoms with E-state index in [9.17, 15) is 4.79 Å². The van der Waals surface area contributed by atoms with E-state index in [0.717, 1.165) is 52.4 Å². The highest BCUT2D eigenvalue weighted by atomic mass is 16.5. The minimum Gasteiger partial charge on any atom is -0.379 e. The van der Waals surface area contributed by atoms with E-state index in [1.807, 2.05) is 14.1 Å². The Morgan fingerprint density at radius 2 is 1.89 bits per heavy atom. The summed E-state index contributed by atoms with van der Waals surface area (Å²) in [6.07, 6.45) is 0.976. The molecule has 106 valence electrons. The van der Waals surface area contributed by atoms with Gasteiger partial charge < -0.3 is 20.3 Å². The summed E-state index contributed by atoms with van der Waals surface area (Å²) in [4.78, 5) is 15.9. The number of rotatable bonds is 7. The Morgan fingerprint density at radius 3 is 2.56 bits per heavy atom. The number of carbonyl (C=O) groups excluding carboxylic acids is 1. The number of ether oxygens (including phenoxy) is 1. The molecular formula is C12H26N4O2. The van der Waals surface area contributed by atoms with Crippen LogP contribution >= 0.6 is 0 Å². The van der Waals surface area contributed by atoms with Gasteiger partial charge in [0.15, 0.2) is 0 Å². The minimum absolute atomic E-state index is 0.0676. The maximum Gasteiger partial charge on any atom is 0.314 e. The first-order chi connectivity index (χ1) is 8.68. The topological polar surface area (TPSA) is 56.8 Å². The maximum absolute atomic E-state index is 11.5. The molecule has 1 fully saturated rings. The normalized spacial score (nSPS) is 16.8. The smallest absolute Gasteiger partial charge is 0.314 e. The largest absolute Gasteiger partial charge is 0.379 e. The molecule has 0 aliphatic carbocycles. The van der Waals surface area contributed by atoms with E-state index in [1.54, 1.807) is 0 Å². The van der Waals surface area contributed by atoms with Crippen LogP contribution in [0.1, 0.15) is 6.42 Å². The molecule has 0 unspecified atom stereocenters. The molecule has 0 aromatic rings. The predicted molar refractivity (Wildman–Crippen MR) is 71.8 cm³/mol. The van der Waals surface area contributed by atoms with Crippen LogP contribution in [0.25, 0.3) is 0 Å². The van der Waals surface area contributed by atoms with Crippen LogP contribution in [-0.2, 0) is 4.74 Å². The number of nitrogens with zero attached hydrogens (tertiary/aromatic N) is 2. The lowest BCUT2D eigenvalue weighted by Gasteiger charge is -2.26. The second kappa shape index (κ2) is 9.13. The van der Waals surface area contributed by atoms with Crippen LogP contribution in [0.4, 0.5) is 4.79 Å². The molecule has 0 aromatic heterocycles. The van der Waals surface area contributed by atoms with Crippen molar-refractivity contribution in [1.29, 1.82) is 0 Å². The fraction of sp³-hybridized carbons (Fsp3) is 0.917. The number of hydrogen-bond acceptors (Lipinski definition) is 4. The van der Waals surface area contributed by atoms with Gasteiger partial charge in [0.1, 0.15) is 0 Å². The molecule has 0 radical (unpaired) electrons. The first-order valence-electron chi connectivity index (χ1n) is 6.65. The quantitative estimate of drug-likeness (QED) is 0.609. The van der Waals surface area contributed by atoms with Crippen molar-refractivity contribution in [3.63, 3.8) is 0 Å². The molecule has 1 aliphatic heterocycles. The lowest BCUT2D eigenvalue weighted by molar-refractivity contribution is 0.0387. The Balaban J connectivity index is 1.92. The minimum atomic E-state index is -0.0676. The zero-order valence-corrected chi connectivity index (χ0v) is 11.6. The van der Waals surface area contributed by atoms with Gasteiger partial charge in [-0.05, 0) is 27.1 Å². The van der Waals surface area contributed by atoms with Crippen LogP contribution in [0.5, 0.6) is 0 Å². The van der Waals surface area contributed by atoms with Crippen LogP contribution in [-0.4, -0.2) is 82.4 Å². The molecular weight excluding hydrogens is 232 g/mol. The Labute approximate surface area is 110 Å². The molecule has 0 atom stereocenters. The molecule has 0 saturated carbocycles. The highest BCUT2D eigenvalue weighted by Gasteiger charge is 2.09. The van der Waals surface area contributed by atoms with E-state index in [4.69, 9.17) is 4.74 Å². The van der Waals surface area contributed by atoms with Gasteiger partial charge in [0.25, 0.3) is 0 Å². The fourth-order valence-electron chi connectivity index (χ4n) is 1.81. The standard InChI is InChI=1S/C12H26N4O2/c1-15(2)6-3-4-13-12(17)14-5-7-16-8-10-18-11-9-16/h3-11H2,1-2H3,(H2,13,14,17). The van der Waals surface area contributed by atoms with Gasteiger partial charge in [-0.3, -0.25) is 4.90 Å². The molecule has 6 nitrogen and oxygen atoms in total. The number of morpholine rings is 1. The van der Waals surface area contributed by atoms with Crippen molar-refractivity contribution in [3.05, 3.63) is 0 Å². The molecule has 1 aliphatic rings. The van der Waals surface area contributed by atoms with E-state index in [1.165, 1.54) is 0 Å². The molecule has 2 N–H and O–H groups in total. The predicted octanol–water partition coefficient (Wildman–Crippen LogP) is -0.430. The van der Waals surface area contributed by atoms with Crippen molar-refractivity contribution in [2.75, 3.05) is 66.6 Å². The van der Waals surface area contributed by atoms with Gasteiger partial charge >= 0.3 is 6.03 Å². The molecule has 6 heteroatoms. The van der Waals surface area contributed by atoms with E-state index < -0.39 is 0 Å². The van der Waals surface area contributed by atoms with Gasteiger partial charge in [-0.15, -0.1) is 0 Å². The highest BCUT2D eigenvalue weighted by Crippen LogP contribution is 1.94. The van der Waals surface area contributed by atoms with Crippen LogP contribution in [0, 0.1) is 0 Å². The SMILES string of the molecule is CN(C)CCCNC(=O)NCCN1CCOCC1. The van der Waals surface area contributed by atoms with Gasteiger partial charge in [-0.1, -0.05) is 0 Å². The Kier molecular flexibility index (Phi) is 7.71. The van der Waals surface area contributed by atoms with Crippen molar-refractivity contribution >= 4 is 6.03 Å². The van der Waals surface area contributed by atoms with E-state index in [2.05, 4.69) is 20.4 Å². The summed E-state index contributed by atoms with van der Waals surface area (Å²) in [6, 6.07) is -0.0676. The number of amides is 2. The second-order valence-electron chi connectivity index (χ2n) is 4.79. The summed E-state index contributed by atoms with van der Waals surface area (Å²) in [5.74, 6) is 0. The van der Waals surface area contributed by atoms with Crippen LogP contribution in [0.3, 0.4) is 0 Å². The summed E-state index contributed by atoms with van der Waals surface area (Å²) in [5, 5.41) is 5.73. The Hall–Kier alpha value is -0.850. The third-order valence-corrected chi connectivity index (χ3v) is 2.88. The molecule has 0 bridgehead atoms. The van der Waals surface area contributed by atoms with E-state index >= 15 is 0 Å². The molecule has 1 saturated heterocycles. The zero-order chi connectivity index (χ0) is 13.2. The zero-order valence-electron chi connectivity index (χ0n) is 11.6. The number of carbonyl (C=O) groups is 1. The Bertz CT molecular complexity index is 230. The van der Waals surface area contributed by atoms with Gasteiger partial charge in [-0.2, -0.15) is 0 Å².